The van der Waals surface area contributed by atoms with Gasteiger partial charge in [-0.1, -0.05) is 0 Å². The lowest BCUT2D eigenvalue weighted by Crippen LogP contribution is -2.08. The number of benzene rings is 1. The first kappa shape index (κ1) is 11.1. The van der Waals surface area contributed by atoms with Crippen molar-refractivity contribution in [2.24, 2.45) is 5.73 Å². The monoisotopic (exact) mass is 223 g/mol. The molecule has 0 saturated heterocycles. The Morgan fingerprint density at radius 2 is 2.06 bits per heavy atom. The fraction of sp³-hybridized carbons (Fsp3) is 0.500. The topological polar surface area (TPSA) is 53.7 Å². The second-order valence-corrected chi connectivity index (χ2v) is 3.85. The van der Waals surface area contributed by atoms with Gasteiger partial charge >= 0.3 is 0 Å². The van der Waals surface area contributed by atoms with Crippen LogP contribution in [0.15, 0.2) is 12.1 Å². The van der Waals surface area contributed by atoms with Crippen LogP contribution in [0.3, 0.4) is 0 Å². The highest BCUT2D eigenvalue weighted by atomic mass is 16.5. The molecule has 0 aliphatic carbocycles. The third-order valence-corrected chi connectivity index (χ3v) is 2.59. The van der Waals surface area contributed by atoms with Crippen LogP contribution >= 0.6 is 0 Å². The minimum absolute atomic E-state index is 0.0906. The fourth-order valence-electron chi connectivity index (χ4n) is 1.79. The number of nitrogens with two attached hydrogens (primary N) is 1. The predicted molar refractivity (Wildman–Crippen MR) is 61.2 cm³/mol. The fourth-order valence-corrected chi connectivity index (χ4v) is 1.79. The Labute approximate surface area is 95.3 Å². The summed E-state index contributed by atoms with van der Waals surface area (Å²) in [5.41, 5.74) is 6.82. The lowest BCUT2D eigenvalue weighted by Gasteiger charge is -2.17. The Morgan fingerprint density at radius 1 is 1.31 bits per heavy atom. The summed E-state index contributed by atoms with van der Waals surface area (Å²) in [7, 11) is 1.62. The van der Waals surface area contributed by atoms with E-state index in [1.54, 1.807) is 7.11 Å². The number of fused-ring (bicyclic) bond motifs is 1. The van der Waals surface area contributed by atoms with Crippen molar-refractivity contribution in [2.75, 3.05) is 20.3 Å². The van der Waals surface area contributed by atoms with E-state index in [-0.39, 0.29) is 6.04 Å². The molecule has 0 fully saturated rings. The summed E-state index contributed by atoms with van der Waals surface area (Å²) < 4.78 is 16.6. The molecular formula is C12H17NO3. The van der Waals surface area contributed by atoms with Gasteiger partial charge in [-0.15, -0.1) is 0 Å². The summed E-state index contributed by atoms with van der Waals surface area (Å²) in [6.45, 7) is 3.24. The molecule has 2 rings (SSSR count). The minimum Gasteiger partial charge on any atom is -0.492 e. The molecule has 1 aromatic rings. The van der Waals surface area contributed by atoms with E-state index in [0.717, 1.165) is 17.7 Å². The minimum atomic E-state index is -0.0906. The molecule has 0 amide bonds. The number of hydrogen-bond donors (Lipinski definition) is 1. The van der Waals surface area contributed by atoms with Crippen LogP contribution in [0.4, 0.5) is 0 Å². The van der Waals surface area contributed by atoms with Gasteiger partial charge in [-0.05, 0) is 19.1 Å². The lowest BCUT2D eigenvalue weighted by molar-refractivity contribution is 0.288. The Morgan fingerprint density at radius 3 is 2.75 bits per heavy atom. The molecule has 2 N–H and O–H groups in total. The first-order chi connectivity index (χ1) is 7.74. The zero-order chi connectivity index (χ0) is 11.5. The molecule has 1 aromatic carbocycles. The molecule has 0 bridgehead atoms. The Balaban J connectivity index is 2.49. The summed E-state index contributed by atoms with van der Waals surface area (Å²) in [5, 5.41) is 0. The van der Waals surface area contributed by atoms with Crippen LogP contribution in [0.5, 0.6) is 17.2 Å². The molecule has 0 spiro atoms. The second-order valence-electron chi connectivity index (χ2n) is 3.85. The van der Waals surface area contributed by atoms with Crippen LogP contribution in [0.2, 0.25) is 0 Å². The van der Waals surface area contributed by atoms with Crippen molar-refractivity contribution < 1.29 is 14.2 Å². The highest BCUT2D eigenvalue weighted by molar-refractivity contribution is 5.56. The van der Waals surface area contributed by atoms with Crippen molar-refractivity contribution in [2.45, 2.75) is 19.4 Å². The molecule has 1 aliphatic heterocycles. The van der Waals surface area contributed by atoms with Gasteiger partial charge in [-0.2, -0.15) is 0 Å². The van der Waals surface area contributed by atoms with Gasteiger partial charge < -0.3 is 19.9 Å². The van der Waals surface area contributed by atoms with Gasteiger partial charge in [0, 0.05) is 18.0 Å². The molecule has 1 aliphatic rings. The van der Waals surface area contributed by atoms with E-state index in [2.05, 4.69) is 0 Å². The molecule has 0 aromatic heterocycles. The standard InChI is InChI=1S/C12H17NO3/c1-8(13)9-4-5-10-12(11(9)14-2)16-7-3-6-15-10/h4-5,8H,3,6-7,13H2,1-2H3. The smallest absolute Gasteiger partial charge is 0.203 e. The largest absolute Gasteiger partial charge is 0.492 e. The number of methoxy groups -OCH3 is 1. The van der Waals surface area contributed by atoms with E-state index in [1.165, 1.54) is 0 Å². The van der Waals surface area contributed by atoms with Crippen LogP contribution in [0.1, 0.15) is 24.9 Å². The zero-order valence-corrected chi connectivity index (χ0v) is 9.66. The molecule has 1 atom stereocenters. The van der Waals surface area contributed by atoms with E-state index in [9.17, 15) is 0 Å². The normalized spacial score (nSPS) is 16.4. The van der Waals surface area contributed by atoms with Gasteiger partial charge in [0.05, 0.1) is 20.3 Å². The molecule has 88 valence electrons. The van der Waals surface area contributed by atoms with Crippen molar-refractivity contribution >= 4 is 0 Å². The summed E-state index contributed by atoms with van der Waals surface area (Å²) in [4.78, 5) is 0. The van der Waals surface area contributed by atoms with Crippen molar-refractivity contribution in [1.82, 2.24) is 0 Å². The average Bonchev–Trinajstić information content (AvgIpc) is 2.52. The van der Waals surface area contributed by atoms with Crippen LogP contribution in [0.25, 0.3) is 0 Å². The Bertz CT molecular complexity index is 377. The number of hydrogen-bond acceptors (Lipinski definition) is 4. The second kappa shape index (κ2) is 4.61. The van der Waals surface area contributed by atoms with Crippen molar-refractivity contribution in [3.05, 3.63) is 17.7 Å². The van der Waals surface area contributed by atoms with Gasteiger partial charge in [0.15, 0.2) is 11.5 Å². The van der Waals surface area contributed by atoms with Crippen LogP contribution in [-0.2, 0) is 0 Å². The maximum absolute atomic E-state index is 5.89. The first-order valence-corrected chi connectivity index (χ1v) is 5.46. The van der Waals surface area contributed by atoms with E-state index in [4.69, 9.17) is 19.9 Å². The van der Waals surface area contributed by atoms with E-state index >= 15 is 0 Å². The highest BCUT2D eigenvalue weighted by Crippen LogP contribution is 2.42. The zero-order valence-electron chi connectivity index (χ0n) is 9.66. The molecule has 0 saturated carbocycles. The highest BCUT2D eigenvalue weighted by Gasteiger charge is 2.20. The summed E-state index contributed by atoms with van der Waals surface area (Å²) in [5.74, 6) is 2.10. The van der Waals surface area contributed by atoms with Gasteiger partial charge in [-0.3, -0.25) is 0 Å². The summed E-state index contributed by atoms with van der Waals surface area (Å²) in [6.07, 6.45) is 0.880. The van der Waals surface area contributed by atoms with Crippen molar-refractivity contribution in [3.8, 4) is 17.2 Å². The molecule has 0 radical (unpaired) electrons. The first-order valence-electron chi connectivity index (χ1n) is 5.46. The Kier molecular flexibility index (Phi) is 3.19. The Hall–Kier alpha value is -1.42. The lowest BCUT2D eigenvalue weighted by atomic mass is 10.1. The summed E-state index contributed by atoms with van der Waals surface area (Å²) in [6, 6.07) is 3.73. The van der Waals surface area contributed by atoms with Gasteiger partial charge in [-0.25, -0.2) is 0 Å². The van der Waals surface area contributed by atoms with Crippen LogP contribution in [0, 0.1) is 0 Å². The van der Waals surface area contributed by atoms with Gasteiger partial charge in [0.2, 0.25) is 5.75 Å². The third kappa shape index (κ3) is 1.93. The van der Waals surface area contributed by atoms with Crippen molar-refractivity contribution in [1.29, 1.82) is 0 Å². The van der Waals surface area contributed by atoms with E-state index < -0.39 is 0 Å². The van der Waals surface area contributed by atoms with Crippen molar-refractivity contribution in [3.63, 3.8) is 0 Å². The maximum atomic E-state index is 5.89. The SMILES string of the molecule is COc1c(C(C)N)ccc2c1OCCCO2. The van der Waals surface area contributed by atoms with E-state index in [0.29, 0.717) is 24.7 Å². The molecule has 4 nitrogen and oxygen atoms in total. The van der Waals surface area contributed by atoms with Crippen LogP contribution < -0.4 is 19.9 Å². The number of ether oxygens (including phenoxy) is 3. The molecule has 1 unspecified atom stereocenters. The molecular weight excluding hydrogens is 206 g/mol. The van der Waals surface area contributed by atoms with Crippen LogP contribution in [-0.4, -0.2) is 20.3 Å². The maximum Gasteiger partial charge on any atom is 0.203 e. The average molecular weight is 223 g/mol. The van der Waals surface area contributed by atoms with Gasteiger partial charge in [0.1, 0.15) is 0 Å². The molecule has 16 heavy (non-hydrogen) atoms. The third-order valence-electron chi connectivity index (χ3n) is 2.59. The molecule has 1 heterocycles. The van der Waals surface area contributed by atoms with E-state index in [1.807, 2.05) is 19.1 Å². The molecule has 4 heteroatoms. The summed E-state index contributed by atoms with van der Waals surface area (Å²) >= 11 is 0. The van der Waals surface area contributed by atoms with Gasteiger partial charge in [0.25, 0.3) is 0 Å². The predicted octanol–water partition coefficient (Wildman–Crippen LogP) is 1.88. The number of rotatable bonds is 2. The quantitative estimate of drug-likeness (QED) is 0.831.